The van der Waals surface area contributed by atoms with Crippen LogP contribution in [0.2, 0.25) is 5.02 Å². The van der Waals surface area contributed by atoms with Crippen molar-refractivity contribution in [3.63, 3.8) is 0 Å². The lowest BCUT2D eigenvalue weighted by Crippen LogP contribution is -2.42. The molecule has 0 saturated carbocycles. The van der Waals surface area contributed by atoms with Crippen LogP contribution in [0.15, 0.2) is 97.5 Å². The second-order valence-corrected chi connectivity index (χ2v) is 18.0. The van der Waals surface area contributed by atoms with Gasteiger partial charge in [-0.25, -0.2) is 19.0 Å². The number of rotatable bonds is 21. The van der Waals surface area contributed by atoms with E-state index < -0.39 is 11.9 Å². The first-order valence-corrected chi connectivity index (χ1v) is 23.8. The molecular formula is C51H53ClFN11O7. The number of aromatic nitrogens is 7. The van der Waals surface area contributed by atoms with Crippen LogP contribution in [0.3, 0.4) is 0 Å². The summed E-state index contributed by atoms with van der Waals surface area (Å²) in [6.07, 6.45) is 10.2. The smallest absolute Gasteiger partial charge is 0.251 e. The number of imide groups is 1. The number of nitrogens with zero attached hydrogens (tertiary/aromatic N) is 8. The Hall–Kier alpha value is -7.32. The minimum absolute atomic E-state index is 0.0752. The molecule has 3 aromatic heterocycles. The second-order valence-electron chi connectivity index (χ2n) is 17.6. The average Bonchev–Trinajstić information content (AvgIpc) is 4.13. The molecule has 2 saturated heterocycles. The SMILES string of the molecule is CN(C)C/C=C/C(=O)Nc1cc2c(Nc3cc(Cl)c(F)c(-c4ccc(OCCCCCOCc5cn(Cc6nn(C7CCC(=O)NC7=O)c7ccccc67)nn5)cc4)c3)ncnc2cc1OC1CCOC1. The van der Waals surface area contributed by atoms with Crippen LogP contribution in [0, 0.1) is 5.82 Å². The third-order valence-electron chi connectivity index (χ3n) is 11.9. The number of halogens is 2. The van der Waals surface area contributed by atoms with Gasteiger partial charge in [0.2, 0.25) is 11.8 Å². The molecule has 2 unspecified atom stereocenters. The van der Waals surface area contributed by atoms with Crippen LogP contribution in [0.25, 0.3) is 32.9 Å². The van der Waals surface area contributed by atoms with Crippen molar-refractivity contribution in [3.8, 4) is 22.6 Å². The number of fused-ring (bicyclic) bond motifs is 2. The van der Waals surface area contributed by atoms with E-state index in [1.54, 1.807) is 57.9 Å². The summed E-state index contributed by atoms with van der Waals surface area (Å²) in [6, 6.07) is 21.0. The summed E-state index contributed by atoms with van der Waals surface area (Å²) < 4.78 is 42.7. The fourth-order valence-electron chi connectivity index (χ4n) is 8.36. The molecule has 5 heterocycles. The molecule has 3 amide bonds. The minimum atomic E-state index is -0.569. The topological polar surface area (TPSA) is 202 Å². The van der Waals surface area contributed by atoms with Crippen LogP contribution >= 0.6 is 11.6 Å². The number of carbonyl (C=O) groups excluding carboxylic acids is 3. The molecule has 4 aromatic carbocycles. The van der Waals surface area contributed by atoms with Crippen LogP contribution in [-0.4, -0.2) is 111 Å². The lowest BCUT2D eigenvalue weighted by atomic mass is 10.0. The highest BCUT2D eigenvalue weighted by Gasteiger charge is 2.31. The van der Waals surface area contributed by atoms with Crippen molar-refractivity contribution >= 4 is 68.3 Å². The number of piperidine rings is 1. The summed E-state index contributed by atoms with van der Waals surface area (Å²) in [4.78, 5) is 48.2. The van der Waals surface area contributed by atoms with Crippen molar-refractivity contribution in [1.82, 2.24) is 45.0 Å². The number of likely N-dealkylation sites (N-methyl/N-ethyl adjacent to an activating group) is 1. The van der Waals surface area contributed by atoms with Gasteiger partial charge >= 0.3 is 0 Å². The highest BCUT2D eigenvalue weighted by atomic mass is 35.5. The number of nitrogens with one attached hydrogen (secondary N) is 3. The maximum absolute atomic E-state index is 15.6. The zero-order valence-corrected chi connectivity index (χ0v) is 40.0. The van der Waals surface area contributed by atoms with Crippen molar-refractivity contribution in [1.29, 1.82) is 0 Å². The molecule has 7 aromatic rings. The molecule has 0 radical (unpaired) electrons. The standard InChI is InChI=1S/C51H53ClFN11O7/c1-62(2)19-8-11-47(65)57-42-25-39-41(26-46(42)71-36-18-22-69-30-36)54-31-55-50(39)56-33-23-38(49(53)40(52)24-33)32-12-14-35(15-13-32)70-21-7-3-6-20-68-29-34-27-63(61-59-34)28-43-37-9-4-5-10-44(37)64(60-43)45-16-17-48(66)58-51(45)67/h4-5,8-15,23-27,31,36,45H,3,6-7,16-22,28-30H2,1-2H3,(H,57,65)(H,54,55,56)(H,58,66,67)/b11-8+. The molecule has 2 aliphatic heterocycles. The van der Waals surface area contributed by atoms with E-state index in [0.717, 1.165) is 42.3 Å². The van der Waals surface area contributed by atoms with Crippen LogP contribution < -0.4 is 25.4 Å². The molecule has 2 aliphatic rings. The van der Waals surface area contributed by atoms with E-state index in [-0.39, 0.29) is 40.8 Å². The monoisotopic (exact) mass is 985 g/mol. The zero-order valence-electron chi connectivity index (χ0n) is 39.3. The molecule has 0 aliphatic carbocycles. The quantitative estimate of drug-likeness (QED) is 0.0358. The number of anilines is 3. The number of ether oxygens (including phenoxy) is 4. The third kappa shape index (κ3) is 12.2. The molecule has 18 nitrogen and oxygen atoms in total. The van der Waals surface area contributed by atoms with Crippen molar-refractivity contribution in [2.75, 3.05) is 57.7 Å². The van der Waals surface area contributed by atoms with Gasteiger partial charge in [0.1, 0.15) is 47.3 Å². The molecule has 3 N–H and O–H groups in total. The Bertz CT molecular complexity index is 3060. The average molecular weight is 987 g/mol. The zero-order chi connectivity index (χ0) is 49.3. The lowest BCUT2D eigenvalue weighted by molar-refractivity contribution is -0.135. The van der Waals surface area contributed by atoms with Crippen LogP contribution in [0.1, 0.15) is 56.0 Å². The fourth-order valence-corrected chi connectivity index (χ4v) is 8.58. The molecule has 368 valence electrons. The summed E-state index contributed by atoms with van der Waals surface area (Å²) in [5, 5.41) is 23.4. The summed E-state index contributed by atoms with van der Waals surface area (Å²) in [7, 11) is 3.83. The Morgan fingerprint density at radius 2 is 1.86 bits per heavy atom. The summed E-state index contributed by atoms with van der Waals surface area (Å²) in [5.74, 6) is 0.0114. The Labute approximate surface area is 413 Å². The third-order valence-corrected chi connectivity index (χ3v) is 12.2. The summed E-state index contributed by atoms with van der Waals surface area (Å²) in [6.45, 7) is 3.33. The fraction of sp³-hybridized carbons (Fsp3) is 0.333. The molecule has 2 atom stereocenters. The van der Waals surface area contributed by atoms with E-state index in [0.29, 0.717) is 103 Å². The van der Waals surface area contributed by atoms with Crippen LogP contribution in [0.5, 0.6) is 11.5 Å². The summed E-state index contributed by atoms with van der Waals surface area (Å²) in [5.41, 5.74) is 4.63. The van der Waals surface area contributed by atoms with E-state index in [2.05, 4.69) is 36.2 Å². The largest absolute Gasteiger partial charge is 0.494 e. The minimum Gasteiger partial charge on any atom is -0.494 e. The molecule has 2 fully saturated rings. The molecule has 71 heavy (non-hydrogen) atoms. The lowest BCUT2D eigenvalue weighted by Gasteiger charge is -2.21. The van der Waals surface area contributed by atoms with Crippen LogP contribution in [0.4, 0.5) is 21.6 Å². The van der Waals surface area contributed by atoms with Gasteiger partial charge in [-0.1, -0.05) is 53.2 Å². The van der Waals surface area contributed by atoms with Gasteiger partial charge in [0, 0.05) is 60.2 Å². The molecule has 0 spiro atoms. The molecular weight excluding hydrogens is 933 g/mol. The Morgan fingerprint density at radius 3 is 2.68 bits per heavy atom. The van der Waals surface area contributed by atoms with Crippen molar-refractivity contribution in [2.45, 2.75) is 63.8 Å². The number of hydrogen-bond acceptors (Lipinski definition) is 14. The first-order valence-electron chi connectivity index (χ1n) is 23.5. The van der Waals surface area contributed by atoms with E-state index in [1.807, 2.05) is 49.5 Å². The van der Waals surface area contributed by atoms with Gasteiger partial charge in [0.05, 0.1) is 66.6 Å². The Balaban J connectivity index is 0.754. The molecule has 20 heteroatoms. The predicted octanol–water partition coefficient (Wildman–Crippen LogP) is 7.79. The van der Waals surface area contributed by atoms with E-state index in [1.165, 1.54) is 18.5 Å². The van der Waals surface area contributed by atoms with E-state index in [4.69, 9.17) is 35.6 Å². The van der Waals surface area contributed by atoms with Crippen molar-refractivity contribution in [3.05, 3.63) is 120 Å². The first kappa shape index (κ1) is 48.7. The Kier molecular flexibility index (Phi) is 15.5. The molecule has 0 bridgehead atoms. The van der Waals surface area contributed by atoms with E-state index in [9.17, 15) is 14.4 Å². The predicted molar refractivity (Wildman–Crippen MR) is 265 cm³/mol. The van der Waals surface area contributed by atoms with E-state index >= 15 is 4.39 Å². The van der Waals surface area contributed by atoms with Gasteiger partial charge in [-0.2, -0.15) is 5.10 Å². The normalized spacial score (nSPS) is 16.1. The highest BCUT2D eigenvalue weighted by molar-refractivity contribution is 6.31. The first-order chi connectivity index (χ1) is 34.5. The van der Waals surface area contributed by atoms with Gasteiger partial charge in [0.25, 0.3) is 5.91 Å². The number of unbranched alkanes of at least 4 members (excludes halogenated alkanes) is 2. The van der Waals surface area contributed by atoms with Gasteiger partial charge in [-0.3, -0.25) is 24.4 Å². The van der Waals surface area contributed by atoms with Crippen molar-refractivity contribution in [2.24, 2.45) is 0 Å². The Morgan fingerprint density at radius 1 is 1.01 bits per heavy atom. The molecule has 9 rings (SSSR count). The second kappa shape index (κ2) is 22.6. The summed E-state index contributed by atoms with van der Waals surface area (Å²) >= 11 is 6.47. The maximum Gasteiger partial charge on any atom is 0.251 e. The van der Waals surface area contributed by atoms with Crippen LogP contribution in [-0.2, 0) is 37.0 Å². The van der Waals surface area contributed by atoms with Gasteiger partial charge in [0.15, 0.2) is 0 Å². The number of amides is 3. The van der Waals surface area contributed by atoms with Gasteiger partial charge in [-0.05, 0) is 81.7 Å². The van der Waals surface area contributed by atoms with Gasteiger partial charge < -0.3 is 34.5 Å². The van der Waals surface area contributed by atoms with Gasteiger partial charge in [-0.15, -0.1) is 5.10 Å². The highest BCUT2D eigenvalue weighted by Crippen LogP contribution is 2.37. The number of para-hydroxylation sites is 1. The maximum atomic E-state index is 15.6. The van der Waals surface area contributed by atoms with Crippen molar-refractivity contribution < 1.29 is 37.7 Å². The number of hydrogen-bond donors (Lipinski definition) is 3. The number of benzene rings is 4. The number of carbonyl (C=O) groups is 3.